The van der Waals surface area contributed by atoms with Crippen molar-refractivity contribution in [3.63, 3.8) is 0 Å². The second kappa shape index (κ2) is 5.31. The number of anilines is 1. The van der Waals surface area contributed by atoms with Crippen LogP contribution in [-0.2, 0) is 11.3 Å². The summed E-state index contributed by atoms with van der Waals surface area (Å²) in [6, 6.07) is 9.04. The van der Waals surface area contributed by atoms with Gasteiger partial charge in [-0.25, -0.2) is 0 Å². The normalized spacial score (nSPS) is 26.2. The molecule has 1 aliphatic carbocycles. The molecule has 2 rings (SSSR count). The molecule has 1 aromatic rings. The van der Waals surface area contributed by atoms with Gasteiger partial charge >= 0.3 is 0 Å². The van der Waals surface area contributed by atoms with Gasteiger partial charge in [-0.05, 0) is 30.2 Å². The lowest BCUT2D eigenvalue weighted by molar-refractivity contribution is 0.185. The number of methoxy groups -OCH3 is 1. The zero-order chi connectivity index (χ0) is 13.2. The average molecular weight is 247 g/mol. The molecule has 100 valence electrons. The minimum atomic E-state index is 0.466. The van der Waals surface area contributed by atoms with Gasteiger partial charge in [-0.2, -0.15) is 0 Å². The van der Waals surface area contributed by atoms with E-state index in [1.54, 1.807) is 7.11 Å². The van der Waals surface area contributed by atoms with Crippen molar-refractivity contribution in [3.05, 3.63) is 29.8 Å². The summed E-state index contributed by atoms with van der Waals surface area (Å²) in [7, 11) is 1.75. The van der Waals surface area contributed by atoms with Crippen LogP contribution < -0.4 is 5.32 Å². The molecular formula is C16H25NO. The van der Waals surface area contributed by atoms with E-state index < -0.39 is 0 Å². The van der Waals surface area contributed by atoms with Crippen molar-refractivity contribution in [1.82, 2.24) is 0 Å². The molecule has 2 nitrogen and oxygen atoms in total. The Bertz CT molecular complexity index is 400. The van der Waals surface area contributed by atoms with Gasteiger partial charge in [-0.3, -0.25) is 0 Å². The molecule has 0 spiro atoms. The van der Waals surface area contributed by atoms with Gasteiger partial charge in [0.2, 0.25) is 0 Å². The Morgan fingerprint density at radius 2 is 2.00 bits per heavy atom. The first-order valence-corrected chi connectivity index (χ1v) is 6.85. The van der Waals surface area contributed by atoms with Gasteiger partial charge in [-0.15, -0.1) is 0 Å². The number of nitrogens with one attached hydrogen (secondary N) is 1. The van der Waals surface area contributed by atoms with Gasteiger partial charge in [0, 0.05) is 24.4 Å². The summed E-state index contributed by atoms with van der Waals surface area (Å²) in [6.07, 6.45) is 2.55. The maximum absolute atomic E-state index is 5.26. The molecule has 0 amide bonds. The van der Waals surface area contributed by atoms with Crippen molar-refractivity contribution in [2.45, 2.75) is 46.3 Å². The maximum Gasteiger partial charge on any atom is 0.0733 e. The molecule has 1 saturated carbocycles. The highest BCUT2D eigenvalue weighted by Gasteiger charge is 2.36. The summed E-state index contributed by atoms with van der Waals surface area (Å²) < 4.78 is 5.26. The summed E-state index contributed by atoms with van der Waals surface area (Å²) in [4.78, 5) is 0. The van der Waals surface area contributed by atoms with E-state index in [0.717, 1.165) is 5.92 Å². The van der Waals surface area contributed by atoms with Crippen LogP contribution in [0.15, 0.2) is 24.3 Å². The number of hydrogen-bond acceptors (Lipinski definition) is 2. The Balaban J connectivity index is 2.10. The largest absolute Gasteiger partial charge is 0.382 e. The van der Waals surface area contributed by atoms with E-state index in [9.17, 15) is 0 Å². The zero-order valence-corrected chi connectivity index (χ0v) is 12.0. The van der Waals surface area contributed by atoms with Gasteiger partial charge in [-0.1, -0.05) is 39.0 Å². The highest BCUT2D eigenvalue weighted by Crippen LogP contribution is 2.42. The Morgan fingerprint density at radius 3 is 2.61 bits per heavy atom. The molecule has 18 heavy (non-hydrogen) atoms. The molecule has 0 bridgehead atoms. The molecule has 1 fully saturated rings. The van der Waals surface area contributed by atoms with E-state index >= 15 is 0 Å². The van der Waals surface area contributed by atoms with Gasteiger partial charge < -0.3 is 10.1 Å². The molecule has 2 heteroatoms. The standard InChI is InChI=1S/C16H25NO/c1-12-9-16(2,3)10-15(12)17-14-8-6-5-7-13(14)11-18-4/h5-8,12,15,17H,9-11H2,1-4H3. The van der Waals surface area contributed by atoms with Gasteiger partial charge in [0.05, 0.1) is 6.61 Å². The molecule has 0 heterocycles. The van der Waals surface area contributed by atoms with Crippen LogP contribution in [-0.4, -0.2) is 13.2 Å². The fraction of sp³-hybridized carbons (Fsp3) is 0.625. The van der Waals surface area contributed by atoms with Crippen molar-refractivity contribution in [3.8, 4) is 0 Å². The predicted octanol–water partition coefficient (Wildman–Crippen LogP) is 4.07. The Labute approximate surface area is 111 Å². The quantitative estimate of drug-likeness (QED) is 0.866. The van der Waals surface area contributed by atoms with E-state index in [4.69, 9.17) is 4.74 Å². The number of rotatable bonds is 4. The van der Waals surface area contributed by atoms with Crippen LogP contribution >= 0.6 is 0 Å². The predicted molar refractivity (Wildman–Crippen MR) is 76.7 cm³/mol. The highest BCUT2D eigenvalue weighted by molar-refractivity contribution is 5.51. The van der Waals surface area contributed by atoms with Crippen LogP contribution in [0.2, 0.25) is 0 Å². The fourth-order valence-corrected chi connectivity index (χ4v) is 3.23. The monoisotopic (exact) mass is 247 g/mol. The molecule has 1 N–H and O–H groups in total. The third-order valence-corrected chi connectivity index (χ3v) is 3.99. The van der Waals surface area contributed by atoms with Crippen molar-refractivity contribution in [2.24, 2.45) is 11.3 Å². The summed E-state index contributed by atoms with van der Waals surface area (Å²) in [5.41, 5.74) is 2.94. The van der Waals surface area contributed by atoms with Gasteiger partial charge in [0.15, 0.2) is 0 Å². The van der Waals surface area contributed by atoms with E-state index in [-0.39, 0.29) is 0 Å². The SMILES string of the molecule is COCc1ccccc1NC1CC(C)(C)CC1C. The van der Waals surface area contributed by atoms with Crippen molar-refractivity contribution < 1.29 is 4.74 Å². The van der Waals surface area contributed by atoms with Crippen LogP contribution in [0.1, 0.15) is 39.2 Å². The third kappa shape index (κ3) is 3.05. The van der Waals surface area contributed by atoms with E-state index in [1.165, 1.54) is 24.1 Å². The van der Waals surface area contributed by atoms with Gasteiger partial charge in [0.25, 0.3) is 0 Å². The molecular weight excluding hydrogens is 222 g/mol. The number of para-hydroxylation sites is 1. The van der Waals surface area contributed by atoms with E-state index in [2.05, 4.69) is 50.4 Å². The molecule has 2 unspecified atom stereocenters. The topological polar surface area (TPSA) is 21.3 Å². The maximum atomic E-state index is 5.26. The minimum Gasteiger partial charge on any atom is -0.382 e. The van der Waals surface area contributed by atoms with Crippen LogP contribution in [0.5, 0.6) is 0 Å². The second-order valence-corrected chi connectivity index (χ2v) is 6.39. The number of ether oxygens (including phenoxy) is 1. The zero-order valence-electron chi connectivity index (χ0n) is 12.0. The fourth-order valence-electron chi connectivity index (χ4n) is 3.23. The highest BCUT2D eigenvalue weighted by atomic mass is 16.5. The van der Waals surface area contributed by atoms with E-state index in [0.29, 0.717) is 18.1 Å². The molecule has 1 aromatic carbocycles. The summed E-state index contributed by atoms with van der Waals surface area (Å²) in [5.74, 6) is 0.732. The molecule has 0 aromatic heterocycles. The summed E-state index contributed by atoms with van der Waals surface area (Å²) in [6.45, 7) is 7.76. The van der Waals surface area contributed by atoms with E-state index in [1.807, 2.05) is 0 Å². The van der Waals surface area contributed by atoms with Crippen LogP contribution in [0, 0.1) is 11.3 Å². The lowest BCUT2D eigenvalue weighted by Gasteiger charge is -2.21. The molecule has 1 aliphatic rings. The first kappa shape index (κ1) is 13.4. The lowest BCUT2D eigenvalue weighted by atomic mass is 9.91. The average Bonchev–Trinajstić information content (AvgIpc) is 2.55. The Hall–Kier alpha value is -1.02. The second-order valence-electron chi connectivity index (χ2n) is 6.39. The molecule has 0 aliphatic heterocycles. The molecule has 2 atom stereocenters. The third-order valence-electron chi connectivity index (χ3n) is 3.99. The first-order valence-electron chi connectivity index (χ1n) is 6.85. The van der Waals surface area contributed by atoms with Crippen molar-refractivity contribution in [2.75, 3.05) is 12.4 Å². The summed E-state index contributed by atoms with van der Waals surface area (Å²) in [5, 5.41) is 3.72. The molecule has 0 saturated heterocycles. The Kier molecular flexibility index (Phi) is 3.96. The van der Waals surface area contributed by atoms with Crippen LogP contribution in [0.4, 0.5) is 5.69 Å². The van der Waals surface area contributed by atoms with Crippen molar-refractivity contribution >= 4 is 5.69 Å². The van der Waals surface area contributed by atoms with Gasteiger partial charge in [0.1, 0.15) is 0 Å². The smallest absolute Gasteiger partial charge is 0.0733 e. The van der Waals surface area contributed by atoms with Crippen molar-refractivity contribution in [1.29, 1.82) is 0 Å². The minimum absolute atomic E-state index is 0.466. The van der Waals surface area contributed by atoms with Crippen LogP contribution in [0.3, 0.4) is 0 Å². The summed E-state index contributed by atoms with van der Waals surface area (Å²) >= 11 is 0. The molecule has 0 radical (unpaired) electrons. The first-order chi connectivity index (χ1) is 8.52. The Morgan fingerprint density at radius 1 is 1.28 bits per heavy atom. The number of benzene rings is 1. The number of hydrogen-bond donors (Lipinski definition) is 1. The lowest BCUT2D eigenvalue weighted by Crippen LogP contribution is -2.23. The van der Waals surface area contributed by atoms with Crippen LogP contribution in [0.25, 0.3) is 0 Å².